The lowest BCUT2D eigenvalue weighted by Gasteiger charge is -2.05. The third-order valence-electron chi connectivity index (χ3n) is 3.52. The van der Waals surface area contributed by atoms with Crippen LogP contribution in [0.1, 0.15) is 18.1 Å². The number of fused-ring (bicyclic) bond motifs is 1. The van der Waals surface area contributed by atoms with E-state index in [0.29, 0.717) is 6.54 Å². The average Bonchev–Trinajstić information content (AvgIpc) is 2.77. The highest BCUT2D eigenvalue weighted by molar-refractivity contribution is 5.80. The Bertz CT molecular complexity index is 762. The summed E-state index contributed by atoms with van der Waals surface area (Å²) in [7, 11) is 0. The van der Waals surface area contributed by atoms with E-state index in [2.05, 4.69) is 21.8 Å². The van der Waals surface area contributed by atoms with Gasteiger partial charge in [-0.2, -0.15) is 0 Å². The van der Waals surface area contributed by atoms with E-state index in [1.807, 2.05) is 25.1 Å². The maximum atomic E-state index is 9.59. The van der Waals surface area contributed by atoms with E-state index < -0.39 is 0 Å². The minimum absolute atomic E-state index is 0.116. The third-order valence-corrected chi connectivity index (χ3v) is 3.52. The van der Waals surface area contributed by atoms with Crippen LogP contribution in [0.25, 0.3) is 11.0 Å². The van der Waals surface area contributed by atoms with Gasteiger partial charge in [-0.1, -0.05) is 12.1 Å². The van der Waals surface area contributed by atoms with Crippen LogP contribution in [-0.2, 0) is 13.0 Å². The summed E-state index contributed by atoms with van der Waals surface area (Å²) in [5.41, 5.74) is 9.15. The highest BCUT2D eigenvalue weighted by Crippen LogP contribution is 2.22. The zero-order valence-electron chi connectivity index (χ0n) is 12.0. The highest BCUT2D eigenvalue weighted by Gasteiger charge is 2.11. The summed E-state index contributed by atoms with van der Waals surface area (Å²) < 4.78 is 2.11. The van der Waals surface area contributed by atoms with Crippen molar-refractivity contribution in [1.82, 2.24) is 9.55 Å². The van der Waals surface area contributed by atoms with E-state index in [0.717, 1.165) is 23.0 Å². The fraction of sp³-hybridized carbons (Fsp3) is 0.235. The lowest BCUT2D eigenvalue weighted by atomic mass is 10.1. The summed E-state index contributed by atoms with van der Waals surface area (Å²) in [5, 5.41) is 10.7. The maximum Gasteiger partial charge on any atom is 0.140 e. The number of hydrogen-bond donors (Lipinski definition) is 2. The van der Waals surface area contributed by atoms with E-state index in [1.165, 1.54) is 5.56 Å². The zero-order chi connectivity index (χ0) is 14.8. The van der Waals surface area contributed by atoms with E-state index >= 15 is 0 Å². The fourth-order valence-corrected chi connectivity index (χ4v) is 2.68. The molecule has 4 heteroatoms. The minimum Gasteiger partial charge on any atom is -0.508 e. The molecule has 0 aliphatic heterocycles. The van der Waals surface area contributed by atoms with Crippen molar-refractivity contribution in [2.24, 2.45) is 5.73 Å². The Morgan fingerprint density at radius 1 is 1.29 bits per heavy atom. The second kappa shape index (κ2) is 5.58. The Morgan fingerprint density at radius 3 is 2.90 bits per heavy atom. The van der Waals surface area contributed by atoms with Crippen LogP contribution in [0.5, 0.6) is 5.75 Å². The molecule has 1 unspecified atom stereocenters. The molecule has 0 saturated carbocycles. The van der Waals surface area contributed by atoms with Gasteiger partial charge in [0.15, 0.2) is 0 Å². The highest BCUT2D eigenvalue weighted by atomic mass is 16.3. The topological polar surface area (TPSA) is 64.1 Å². The SMILES string of the molecule is CC(N)Cc1cn(Cc2cccc(O)c2)c2ncccc12. The molecule has 0 aliphatic rings. The second-order valence-electron chi connectivity index (χ2n) is 5.51. The summed E-state index contributed by atoms with van der Waals surface area (Å²) in [6.45, 7) is 2.69. The molecule has 0 saturated heterocycles. The second-order valence-corrected chi connectivity index (χ2v) is 5.51. The first-order valence-corrected chi connectivity index (χ1v) is 7.09. The molecular formula is C17H19N3O. The Hall–Kier alpha value is -2.33. The number of pyridine rings is 1. The number of hydrogen-bond acceptors (Lipinski definition) is 3. The number of phenolic OH excluding ortho intramolecular Hbond substituents is 1. The van der Waals surface area contributed by atoms with Crippen LogP contribution >= 0.6 is 0 Å². The maximum absolute atomic E-state index is 9.59. The van der Waals surface area contributed by atoms with Gasteiger partial charge in [0.2, 0.25) is 0 Å². The third kappa shape index (κ3) is 2.90. The number of nitrogens with two attached hydrogens (primary N) is 1. The molecule has 2 heterocycles. The van der Waals surface area contributed by atoms with Gasteiger partial charge >= 0.3 is 0 Å². The number of benzene rings is 1. The van der Waals surface area contributed by atoms with Crippen LogP contribution in [0, 0.1) is 0 Å². The van der Waals surface area contributed by atoms with Gasteiger partial charge in [0.25, 0.3) is 0 Å². The van der Waals surface area contributed by atoms with Gasteiger partial charge in [-0.25, -0.2) is 4.98 Å². The standard InChI is InChI=1S/C17H19N3O/c1-12(18)8-14-11-20(17-16(14)6-3-7-19-17)10-13-4-2-5-15(21)9-13/h2-7,9,11-12,21H,8,10,18H2,1H3. The molecule has 2 aromatic heterocycles. The van der Waals surface area contributed by atoms with Crippen LogP contribution in [0.3, 0.4) is 0 Å². The molecule has 3 N–H and O–H groups in total. The number of nitrogens with zero attached hydrogens (tertiary/aromatic N) is 2. The number of aromatic hydroxyl groups is 1. The summed E-state index contributed by atoms with van der Waals surface area (Å²) in [4.78, 5) is 4.49. The molecule has 1 atom stereocenters. The molecule has 0 bridgehead atoms. The Kier molecular flexibility index (Phi) is 3.62. The first-order chi connectivity index (χ1) is 10.1. The van der Waals surface area contributed by atoms with Gasteiger partial charge in [-0.3, -0.25) is 0 Å². The normalized spacial score (nSPS) is 12.7. The van der Waals surface area contributed by atoms with Crippen molar-refractivity contribution in [2.75, 3.05) is 0 Å². The van der Waals surface area contributed by atoms with Crippen molar-refractivity contribution < 1.29 is 5.11 Å². The number of phenols is 1. The monoisotopic (exact) mass is 281 g/mol. The smallest absolute Gasteiger partial charge is 0.140 e. The van der Waals surface area contributed by atoms with Gasteiger partial charge in [-0.15, -0.1) is 0 Å². The molecule has 3 aromatic rings. The quantitative estimate of drug-likeness (QED) is 0.772. The van der Waals surface area contributed by atoms with Crippen molar-refractivity contribution in [3.63, 3.8) is 0 Å². The van der Waals surface area contributed by atoms with Gasteiger partial charge in [-0.05, 0) is 48.7 Å². The molecular weight excluding hydrogens is 262 g/mol. The molecule has 0 fully saturated rings. The van der Waals surface area contributed by atoms with E-state index in [-0.39, 0.29) is 11.8 Å². The van der Waals surface area contributed by atoms with Crippen molar-refractivity contribution in [3.8, 4) is 5.75 Å². The predicted octanol–water partition coefficient (Wildman–Crippen LogP) is 2.68. The first kappa shape index (κ1) is 13.6. The molecule has 1 aromatic carbocycles. The molecule has 4 nitrogen and oxygen atoms in total. The largest absolute Gasteiger partial charge is 0.508 e. The fourth-order valence-electron chi connectivity index (χ4n) is 2.68. The van der Waals surface area contributed by atoms with Crippen LogP contribution in [0.4, 0.5) is 0 Å². The lowest BCUT2D eigenvalue weighted by Crippen LogP contribution is -2.17. The number of aromatic nitrogens is 2. The van der Waals surface area contributed by atoms with Crippen LogP contribution in [-0.4, -0.2) is 20.7 Å². The van der Waals surface area contributed by atoms with E-state index in [4.69, 9.17) is 5.73 Å². The lowest BCUT2D eigenvalue weighted by molar-refractivity contribution is 0.474. The zero-order valence-corrected chi connectivity index (χ0v) is 12.0. The Balaban J connectivity index is 2.02. The summed E-state index contributed by atoms with van der Waals surface area (Å²) in [6.07, 6.45) is 4.75. The van der Waals surface area contributed by atoms with Crippen LogP contribution in [0.2, 0.25) is 0 Å². The Morgan fingerprint density at radius 2 is 2.14 bits per heavy atom. The molecule has 0 spiro atoms. The molecule has 21 heavy (non-hydrogen) atoms. The van der Waals surface area contributed by atoms with Crippen LogP contribution in [0.15, 0.2) is 48.8 Å². The van der Waals surface area contributed by atoms with Gasteiger partial charge < -0.3 is 15.4 Å². The summed E-state index contributed by atoms with van der Waals surface area (Å²) in [5.74, 6) is 0.285. The Labute approximate surface area is 123 Å². The molecule has 0 radical (unpaired) electrons. The van der Waals surface area contributed by atoms with Gasteiger partial charge in [0, 0.05) is 30.4 Å². The van der Waals surface area contributed by atoms with Crippen molar-refractivity contribution in [1.29, 1.82) is 0 Å². The first-order valence-electron chi connectivity index (χ1n) is 7.09. The average molecular weight is 281 g/mol. The molecule has 3 rings (SSSR count). The van der Waals surface area contributed by atoms with Crippen molar-refractivity contribution in [2.45, 2.75) is 25.9 Å². The van der Waals surface area contributed by atoms with Gasteiger partial charge in [0.1, 0.15) is 11.4 Å². The van der Waals surface area contributed by atoms with Gasteiger partial charge in [0.05, 0.1) is 0 Å². The summed E-state index contributed by atoms with van der Waals surface area (Å²) >= 11 is 0. The van der Waals surface area contributed by atoms with Crippen molar-refractivity contribution in [3.05, 3.63) is 59.9 Å². The van der Waals surface area contributed by atoms with E-state index in [1.54, 1.807) is 18.3 Å². The predicted molar refractivity (Wildman–Crippen MR) is 84.3 cm³/mol. The van der Waals surface area contributed by atoms with Crippen molar-refractivity contribution >= 4 is 11.0 Å². The molecule has 108 valence electrons. The number of rotatable bonds is 4. The molecule has 0 aliphatic carbocycles. The van der Waals surface area contributed by atoms with Crippen LogP contribution < -0.4 is 5.73 Å². The van der Waals surface area contributed by atoms with E-state index in [9.17, 15) is 5.11 Å². The minimum atomic E-state index is 0.116. The summed E-state index contributed by atoms with van der Waals surface area (Å²) in [6, 6.07) is 11.5. The molecule has 0 amide bonds.